The molecule has 0 aliphatic heterocycles. The van der Waals surface area contributed by atoms with Crippen molar-refractivity contribution >= 4 is 50.3 Å². The number of carbonyl (C=O) groups is 1. The summed E-state index contributed by atoms with van der Waals surface area (Å²) in [5, 5.41) is 1.11. The SMILES string of the molecule is CC(C)c1nc2ccc(C(=O)NI)cc2s1. The zero-order valence-electron chi connectivity index (χ0n) is 8.95. The van der Waals surface area contributed by atoms with E-state index in [9.17, 15) is 4.79 Å². The van der Waals surface area contributed by atoms with Crippen LogP contribution in [0.3, 0.4) is 0 Å². The van der Waals surface area contributed by atoms with Crippen molar-refractivity contribution in [1.29, 1.82) is 0 Å². The van der Waals surface area contributed by atoms with Gasteiger partial charge in [-0.15, -0.1) is 11.3 Å². The molecule has 0 unspecified atom stereocenters. The maximum absolute atomic E-state index is 11.5. The summed E-state index contributed by atoms with van der Waals surface area (Å²) in [6.07, 6.45) is 0. The molecular weight excluding hydrogens is 335 g/mol. The van der Waals surface area contributed by atoms with Crippen molar-refractivity contribution in [2.75, 3.05) is 0 Å². The Morgan fingerprint density at radius 3 is 2.88 bits per heavy atom. The van der Waals surface area contributed by atoms with Crippen LogP contribution in [0.15, 0.2) is 18.2 Å². The van der Waals surface area contributed by atoms with Crippen molar-refractivity contribution in [3.05, 3.63) is 28.8 Å². The number of thiazole rings is 1. The minimum absolute atomic E-state index is 0.0676. The number of carbonyl (C=O) groups excluding carboxylic acids is 1. The molecule has 2 rings (SSSR count). The Kier molecular flexibility index (Phi) is 3.44. The predicted molar refractivity (Wildman–Crippen MR) is 75.2 cm³/mol. The number of amides is 1. The van der Waals surface area contributed by atoms with Crippen LogP contribution in [0.2, 0.25) is 0 Å². The topological polar surface area (TPSA) is 42.0 Å². The first-order valence-electron chi connectivity index (χ1n) is 4.93. The molecule has 0 aliphatic rings. The second-order valence-electron chi connectivity index (χ2n) is 3.81. The molecule has 1 N–H and O–H groups in total. The molecule has 0 saturated carbocycles. The second-order valence-corrected chi connectivity index (χ2v) is 5.41. The summed E-state index contributed by atoms with van der Waals surface area (Å²) >= 11 is 3.50. The van der Waals surface area contributed by atoms with E-state index in [4.69, 9.17) is 0 Å². The third-order valence-electron chi connectivity index (χ3n) is 2.25. The molecule has 0 bridgehead atoms. The van der Waals surface area contributed by atoms with E-state index in [0.29, 0.717) is 11.5 Å². The van der Waals surface area contributed by atoms with Crippen LogP contribution in [0, 0.1) is 0 Å². The highest BCUT2D eigenvalue weighted by Crippen LogP contribution is 2.27. The number of benzene rings is 1. The first kappa shape index (κ1) is 11.8. The van der Waals surface area contributed by atoms with Crippen molar-refractivity contribution in [2.45, 2.75) is 19.8 Å². The van der Waals surface area contributed by atoms with Gasteiger partial charge < -0.3 is 0 Å². The summed E-state index contributed by atoms with van der Waals surface area (Å²) in [4.78, 5) is 16.0. The molecule has 1 aromatic carbocycles. The molecule has 84 valence electrons. The lowest BCUT2D eigenvalue weighted by Gasteiger charge is -1.96. The molecule has 1 aromatic heterocycles. The quantitative estimate of drug-likeness (QED) is 0.668. The Bertz CT molecular complexity index is 536. The number of aromatic nitrogens is 1. The highest BCUT2D eigenvalue weighted by molar-refractivity contribution is 14.1. The summed E-state index contributed by atoms with van der Waals surface area (Å²) in [6, 6.07) is 5.60. The smallest absolute Gasteiger partial charge is 0.259 e. The highest BCUT2D eigenvalue weighted by atomic mass is 127. The largest absolute Gasteiger partial charge is 0.295 e. The number of nitrogens with one attached hydrogen (secondary N) is 1. The molecule has 2 aromatic rings. The first-order chi connectivity index (χ1) is 7.61. The fourth-order valence-corrected chi connectivity index (χ4v) is 2.71. The average molecular weight is 346 g/mol. The molecule has 16 heavy (non-hydrogen) atoms. The minimum atomic E-state index is -0.0676. The van der Waals surface area contributed by atoms with Crippen LogP contribution < -0.4 is 3.53 Å². The Morgan fingerprint density at radius 1 is 1.50 bits per heavy atom. The highest BCUT2D eigenvalue weighted by Gasteiger charge is 2.10. The second kappa shape index (κ2) is 4.67. The number of hydrogen-bond acceptors (Lipinski definition) is 3. The van der Waals surface area contributed by atoms with Crippen LogP contribution in [0.25, 0.3) is 10.2 Å². The van der Waals surface area contributed by atoms with Crippen molar-refractivity contribution in [2.24, 2.45) is 0 Å². The van der Waals surface area contributed by atoms with Crippen LogP contribution in [0.1, 0.15) is 35.1 Å². The van der Waals surface area contributed by atoms with Crippen molar-refractivity contribution < 1.29 is 4.79 Å². The van der Waals surface area contributed by atoms with Gasteiger partial charge in [0.05, 0.1) is 38.1 Å². The lowest BCUT2D eigenvalue weighted by atomic mass is 10.2. The van der Waals surface area contributed by atoms with E-state index in [1.807, 2.05) is 35.0 Å². The normalized spacial score (nSPS) is 11.0. The van der Waals surface area contributed by atoms with Crippen LogP contribution in [-0.2, 0) is 0 Å². The third kappa shape index (κ3) is 2.20. The van der Waals surface area contributed by atoms with E-state index in [1.165, 1.54) is 0 Å². The number of fused-ring (bicyclic) bond motifs is 1. The van der Waals surface area contributed by atoms with Gasteiger partial charge in [0.15, 0.2) is 0 Å². The van der Waals surface area contributed by atoms with E-state index in [-0.39, 0.29) is 5.91 Å². The summed E-state index contributed by atoms with van der Waals surface area (Å²) in [7, 11) is 0. The van der Waals surface area contributed by atoms with Crippen molar-refractivity contribution in [3.63, 3.8) is 0 Å². The fraction of sp³-hybridized carbons (Fsp3) is 0.273. The molecular formula is C11H11IN2OS. The van der Waals surface area contributed by atoms with Crippen molar-refractivity contribution in [1.82, 2.24) is 8.51 Å². The van der Waals surface area contributed by atoms with Gasteiger partial charge in [0.2, 0.25) is 0 Å². The third-order valence-corrected chi connectivity index (χ3v) is 4.06. The Balaban J connectivity index is 2.49. The van der Waals surface area contributed by atoms with E-state index in [2.05, 4.69) is 22.4 Å². The zero-order chi connectivity index (χ0) is 11.7. The van der Waals surface area contributed by atoms with Gasteiger partial charge in [0.1, 0.15) is 0 Å². The predicted octanol–water partition coefficient (Wildman–Crippen LogP) is 3.50. The van der Waals surface area contributed by atoms with Gasteiger partial charge in [0.25, 0.3) is 5.91 Å². The fourth-order valence-electron chi connectivity index (χ4n) is 1.39. The van der Waals surface area contributed by atoms with Gasteiger partial charge in [0, 0.05) is 11.5 Å². The van der Waals surface area contributed by atoms with Crippen molar-refractivity contribution in [3.8, 4) is 0 Å². The van der Waals surface area contributed by atoms with Gasteiger partial charge in [-0.3, -0.25) is 8.32 Å². The number of rotatable bonds is 2. The molecule has 0 spiro atoms. The van der Waals surface area contributed by atoms with E-state index in [0.717, 1.165) is 15.2 Å². The van der Waals surface area contributed by atoms with Crippen LogP contribution >= 0.6 is 34.2 Å². The zero-order valence-corrected chi connectivity index (χ0v) is 11.9. The lowest BCUT2D eigenvalue weighted by molar-refractivity contribution is 0.0990. The minimum Gasteiger partial charge on any atom is -0.295 e. The number of halogens is 1. The van der Waals surface area contributed by atoms with Gasteiger partial charge >= 0.3 is 0 Å². The summed E-state index contributed by atoms with van der Waals surface area (Å²) in [5.41, 5.74) is 1.65. The average Bonchev–Trinajstić information content (AvgIpc) is 2.70. The number of nitrogens with zero attached hydrogens (tertiary/aromatic N) is 1. The molecule has 0 saturated heterocycles. The standard InChI is InChI=1S/C11H11IN2OS/c1-6(2)11-13-8-4-3-7(10(15)14-12)5-9(8)16-11/h3-6H,1-2H3,(H,14,15). The monoisotopic (exact) mass is 346 g/mol. The summed E-state index contributed by atoms with van der Waals surface area (Å²) < 4.78 is 3.66. The Hall–Kier alpha value is -0.690. The van der Waals surface area contributed by atoms with E-state index >= 15 is 0 Å². The molecule has 0 atom stereocenters. The molecule has 5 heteroatoms. The number of hydrogen-bond donors (Lipinski definition) is 1. The molecule has 1 heterocycles. The molecule has 3 nitrogen and oxygen atoms in total. The van der Waals surface area contributed by atoms with Crippen LogP contribution in [-0.4, -0.2) is 10.9 Å². The lowest BCUT2D eigenvalue weighted by Crippen LogP contribution is -2.10. The summed E-state index contributed by atoms with van der Waals surface area (Å²) in [6.45, 7) is 4.24. The molecule has 0 fully saturated rings. The molecule has 0 aliphatic carbocycles. The van der Waals surface area contributed by atoms with E-state index < -0.39 is 0 Å². The molecule has 1 amide bonds. The maximum atomic E-state index is 11.5. The van der Waals surface area contributed by atoms with Crippen LogP contribution in [0.5, 0.6) is 0 Å². The first-order valence-corrected chi connectivity index (χ1v) is 6.83. The molecule has 0 radical (unpaired) electrons. The van der Waals surface area contributed by atoms with Gasteiger partial charge in [-0.1, -0.05) is 13.8 Å². The Morgan fingerprint density at radius 2 is 2.25 bits per heavy atom. The van der Waals surface area contributed by atoms with Gasteiger partial charge in [-0.25, -0.2) is 4.98 Å². The van der Waals surface area contributed by atoms with Crippen LogP contribution in [0.4, 0.5) is 0 Å². The Labute approximate surface area is 112 Å². The van der Waals surface area contributed by atoms with Gasteiger partial charge in [-0.2, -0.15) is 0 Å². The summed E-state index contributed by atoms with van der Waals surface area (Å²) in [5.74, 6) is 0.362. The van der Waals surface area contributed by atoms with E-state index in [1.54, 1.807) is 17.4 Å². The maximum Gasteiger partial charge on any atom is 0.259 e. The van der Waals surface area contributed by atoms with Gasteiger partial charge in [-0.05, 0) is 18.2 Å².